The van der Waals surface area contributed by atoms with Crippen LogP contribution in [0.4, 0.5) is 5.00 Å². The minimum atomic E-state index is 0.129. The number of fused-ring (bicyclic) bond motifs is 1. The number of anilines is 1. The average molecular weight is 239 g/mol. The lowest BCUT2D eigenvalue weighted by Crippen LogP contribution is -2.47. The van der Waals surface area contributed by atoms with Crippen molar-refractivity contribution in [3.63, 3.8) is 0 Å². The molecule has 3 rings (SSSR count). The zero-order chi connectivity index (χ0) is 11.1. The first-order valence-electron chi connectivity index (χ1n) is 5.31. The maximum Gasteiger partial charge on any atom is 0.220 e. The molecule has 0 spiro atoms. The van der Waals surface area contributed by atoms with Gasteiger partial charge in [-0.05, 0) is 6.42 Å². The van der Waals surface area contributed by atoms with Gasteiger partial charge < -0.3 is 15.9 Å². The molecule has 5 nitrogen and oxygen atoms in total. The Labute approximate surface area is 97.1 Å². The van der Waals surface area contributed by atoms with Crippen LogP contribution in [0.25, 0.3) is 0 Å². The van der Waals surface area contributed by atoms with Crippen molar-refractivity contribution in [1.29, 1.82) is 0 Å². The fourth-order valence-electron chi connectivity index (χ4n) is 2.10. The number of amides is 1. The van der Waals surface area contributed by atoms with Crippen molar-refractivity contribution in [1.82, 2.24) is 10.4 Å². The highest BCUT2D eigenvalue weighted by Crippen LogP contribution is 2.39. The van der Waals surface area contributed by atoms with Gasteiger partial charge in [-0.15, -0.1) is 16.4 Å². The second kappa shape index (κ2) is 3.64. The van der Waals surface area contributed by atoms with Crippen LogP contribution in [0.3, 0.4) is 0 Å². The van der Waals surface area contributed by atoms with Gasteiger partial charge >= 0.3 is 0 Å². The molecule has 0 bridgehead atoms. The Kier molecular flexibility index (Phi) is 2.26. The zero-order valence-corrected chi connectivity index (χ0v) is 9.55. The highest BCUT2D eigenvalue weighted by Gasteiger charge is 2.32. The van der Waals surface area contributed by atoms with Crippen LogP contribution in [-0.2, 0) is 11.3 Å². The Morgan fingerprint density at radius 3 is 3.19 bits per heavy atom. The van der Waals surface area contributed by atoms with Crippen molar-refractivity contribution >= 4 is 22.2 Å². The maximum absolute atomic E-state index is 11.1. The van der Waals surface area contributed by atoms with E-state index >= 15 is 0 Å². The van der Waals surface area contributed by atoms with E-state index in [-0.39, 0.29) is 11.9 Å². The number of hydrogen-bond donors (Lipinski definition) is 2. The van der Waals surface area contributed by atoms with Crippen molar-refractivity contribution in [2.24, 2.45) is 0 Å². The number of carbonyl (C=O) groups excluding carboxylic acids is 1. The van der Waals surface area contributed by atoms with E-state index in [1.807, 2.05) is 10.4 Å². The molecule has 0 radical (unpaired) electrons. The minimum absolute atomic E-state index is 0.129. The molecular formula is C10H13N3O2S. The third-order valence-electron chi connectivity index (χ3n) is 3.06. The fourth-order valence-corrected chi connectivity index (χ4v) is 2.82. The van der Waals surface area contributed by atoms with Gasteiger partial charge in [0.05, 0.1) is 17.6 Å². The fraction of sp³-hybridized carbons (Fsp3) is 0.500. The number of nitrogens with one attached hydrogen (secondary N) is 1. The van der Waals surface area contributed by atoms with Crippen LogP contribution in [0.15, 0.2) is 5.38 Å². The van der Waals surface area contributed by atoms with Gasteiger partial charge in [0.15, 0.2) is 5.75 Å². The summed E-state index contributed by atoms with van der Waals surface area (Å²) >= 11 is 1.51. The number of thiophene rings is 1. The molecule has 1 saturated heterocycles. The molecule has 6 heteroatoms. The standard InChI is InChI=1S/C10H13N3O2S/c11-10-7-4-13(15-8(7)5-16-10)6-1-2-9(14)12-3-6/h5-6H,1-4,11H2,(H,12,14). The van der Waals surface area contributed by atoms with Crippen LogP contribution in [0.5, 0.6) is 5.75 Å². The third kappa shape index (κ3) is 1.54. The molecule has 0 saturated carbocycles. The highest BCUT2D eigenvalue weighted by atomic mass is 32.1. The summed E-state index contributed by atoms with van der Waals surface area (Å²) in [5.74, 6) is 1.00. The van der Waals surface area contributed by atoms with Gasteiger partial charge in [-0.1, -0.05) is 0 Å². The van der Waals surface area contributed by atoms with Crippen LogP contribution >= 0.6 is 11.3 Å². The summed E-state index contributed by atoms with van der Waals surface area (Å²) in [7, 11) is 0. The first kappa shape index (κ1) is 9.92. The molecular weight excluding hydrogens is 226 g/mol. The molecule has 16 heavy (non-hydrogen) atoms. The summed E-state index contributed by atoms with van der Waals surface area (Å²) in [4.78, 5) is 16.8. The lowest BCUT2D eigenvalue weighted by atomic mass is 10.1. The van der Waals surface area contributed by atoms with E-state index < -0.39 is 0 Å². The summed E-state index contributed by atoms with van der Waals surface area (Å²) in [5, 5.41) is 7.54. The monoisotopic (exact) mass is 239 g/mol. The van der Waals surface area contributed by atoms with Gasteiger partial charge in [0.2, 0.25) is 5.91 Å². The molecule has 2 aliphatic heterocycles. The van der Waals surface area contributed by atoms with E-state index in [1.54, 1.807) is 0 Å². The van der Waals surface area contributed by atoms with Gasteiger partial charge in [0.1, 0.15) is 0 Å². The number of nitrogens with zero attached hydrogens (tertiary/aromatic N) is 1. The molecule has 1 aromatic heterocycles. The van der Waals surface area contributed by atoms with Crippen molar-refractivity contribution in [3.8, 4) is 5.75 Å². The van der Waals surface area contributed by atoms with Crippen molar-refractivity contribution in [3.05, 3.63) is 10.9 Å². The lowest BCUT2D eigenvalue weighted by molar-refractivity contribution is -0.128. The summed E-state index contributed by atoms with van der Waals surface area (Å²) in [6.45, 7) is 1.39. The van der Waals surface area contributed by atoms with Crippen molar-refractivity contribution < 1.29 is 9.63 Å². The molecule has 2 aliphatic rings. The maximum atomic E-state index is 11.1. The summed E-state index contributed by atoms with van der Waals surface area (Å²) < 4.78 is 0. The average Bonchev–Trinajstić information content (AvgIpc) is 2.83. The quantitative estimate of drug-likeness (QED) is 0.757. The van der Waals surface area contributed by atoms with Crippen LogP contribution in [0.1, 0.15) is 18.4 Å². The summed E-state index contributed by atoms with van der Waals surface area (Å²) in [5.41, 5.74) is 6.93. The Balaban J connectivity index is 1.69. The molecule has 1 atom stereocenters. The number of hydroxylamine groups is 2. The Morgan fingerprint density at radius 2 is 2.50 bits per heavy atom. The number of rotatable bonds is 1. The predicted octanol–water partition coefficient (Wildman–Crippen LogP) is 0.718. The number of carbonyl (C=O) groups is 1. The van der Waals surface area contributed by atoms with Crippen LogP contribution < -0.4 is 15.9 Å². The molecule has 3 N–H and O–H groups in total. The Bertz CT molecular complexity index is 422. The number of nitrogens with two attached hydrogens (primary N) is 1. The smallest absolute Gasteiger partial charge is 0.220 e. The topological polar surface area (TPSA) is 67.6 Å². The first-order chi connectivity index (χ1) is 7.74. The molecule has 1 amide bonds. The SMILES string of the molecule is Nc1scc2c1CN(C1CCC(=O)NC1)O2. The van der Waals surface area contributed by atoms with E-state index in [1.165, 1.54) is 11.3 Å². The molecule has 86 valence electrons. The number of piperidine rings is 1. The highest BCUT2D eigenvalue weighted by molar-refractivity contribution is 7.14. The van der Waals surface area contributed by atoms with Gasteiger partial charge in [-0.3, -0.25) is 4.79 Å². The molecule has 0 aromatic carbocycles. The largest absolute Gasteiger partial charge is 0.404 e. The molecule has 0 aliphatic carbocycles. The van der Waals surface area contributed by atoms with E-state index in [0.29, 0.717) is 13.0 Å². The van der Waals surface area contributed by atoms with Gasteiger partial charge in [-0.25, -0.2) is 0 Å². The Hall–Kier alpha value is -1.27. The van der Waals surface area contributed by atoms with E-state index in [4.69, 9.17) is 10.6 Å². The van der Waals surface area contributed by atoms with Gasteiger partial charge in [0, 0.05) is 23.9 Å². The minimum Gasteiger partial charge on any atom is -0.404 e. The van der Waals surface area contributed by atoms with Gasteiger partial charge in [0.25, 0.3) is 0 Å². The third-order valence-corrected chi connectivity index (χ3v) is 3.90. The molecule has 1 unspecified atom stereocenters. The summed E-state index contributed by atoms with van der Waals surface area (Å²) in [6, 6.07) is 0.259. The van der Waals surface area contributed by atoms with Crippen molar-refractivity contribution in [2.75, 3.05) is 12.3 Å². The number of hydrogen-bond acceptors (Lipinski definition) is 5. The Morgan fingerprint density at radius 1 is 1.62 bits per heavy atom. The first-order valence-corrected chi connectivity index (χ1v) is 6.19. The van der Waals surface area contributed by atoms with Gasteiger partial charge in [-0.2, -0.15) is 0 Å². The van der Waals surface area contributed by atoms with Crippen LogP contribution in [0, 0.1) is 0 Å². The molecule has 1 aromatic rings. The number of nitrogen functional groups attached to an aromatic ring is 1. The lowest BCUT2D eigenvalue weighted by Gasteiger charge is -2.29. The van der Waals surface area contributed by atoms with E-state index in [2.05, 4.69) is 5.32 Å². The molecule has 1 fully saturated rings. The second-order valence-corrected chi connectivity index (χ2v) is 5.02. The zero-order valence-electron chi connectivity index (χ0n) is 8.73. The van der Waals surface area contributed by atoms with Crippen LogP contribution in [0.2, 0.25) is 0 Å². The van der Waals surface area contributed by atoms with Crippen molar-refractivity contribution in [2.45, 2.75) is 25.4 Å². The van der Waals surface area contributed by atoms with E-state index in [0.717, 1.165) is 29.3 Å². The normalized spacial score (nSPS) is 25.0. The molecule has 3 heterocycles. The predicted molar refractivity (Wildman–Crippen MR) is 60.9 cm³/mol. The second-order valence-electron chi connectivity index (χ2n) is 4.11. The van der Waals surface area contributed by atoms with E-state index in [9.17, 15) is 4.79 Å². The van der Waals surface area contributed by atoms with Crippen LogP contribution in [-0.4, -0.2) is 23.6 Å². The summed E-state index contributed by atoms with van der Waals surface area (Å²) in [6.07, 6.45) is 1.42.